The van der Waals surface area contributed by atoms with Crippen molar-refractivity contribution in [3.05, 3.63) is 45.2 Å². The Bertz CT molecular complexity index is 790. The zero-order chi connectivity index (χ0) is 18.4. The lowest BCUT2D eigenvalue weighted by Gasteiger charge is -2.16. The van der Waals surface area contributed by atoms with Crippen molar-refractivity contribution in [3.8, 4) is 5.69 Å². The predicted octanol–water partition coefficient (Wildman–Crippen LogP) is 4.91. The molecule has 0 atom stereocenters. The maximum Gasteiger partial charge on any atom is 0.434 e. The van der Waals surface area contributed by atoms with Crippen LogP contribution in [0.25, 0.3) is 5.69 Å². The first-order valence-electron chi connectivity index (χ1n) is 5.79. The van der Waals surface area contributed by atoms with Gasteiger partial charge in [0.05, 0.1) is 21.8 Å². The summed E-state index contributed by atoms with van der Waals surface area (Å²) >= 11 is 11.3. The third-order valence-electron chi connectivity index (χ3n) is 2.82. The number of carboxylic acids is 1. The van der Waals surface area contributed by atoms with Crippen molar-refractivity contribution in [1.29, 1.82) is 0 Å². The molecule has 0 unspecified atom stereocenters. The van der Waals surface area contributed by atoms with Crippen LogP contribution >= 0.6 is 23.2 Å². The average molecular weight is 393 g/mol. The number of alkyl halides is 6. The minimum absolute atomic E-state index is 0.0499. The summed E-state index contributed by atoms with van der Waals surface area (Å²) in [7, 11) is 0. The molecule has 1 aromatic heterocycles. The molecule has 0 aliphatic heterocycles. The van der Waals surface area contributed by atoms with Crippen LogP contribution in [-0.4, -0.2) is 20.9 Å². The first-order chi connectivity index (χ1) is 10.8. The van der Waals surface area contributed by atoms with Gasteiger partial charge in [-0.3, -0.25) is 0 Å². The number of hydrogen-bond acceptors (Lipinski definition) is 2. The van der Waals surface area contributed by atoms with Crippen molar-refractivity contribution < 1.29 is 36.2 Å². The number of rotatable bonds is 2. The molecule has 0 bridgehead atoms. The lowest BCUT2D eigenvalue weighted by molar-refractivity contribution is -0.143. The zero-order valence-corrected chi connectivity index (χ0v) is 12.5. The molecule has 2 aromatic rings. The predicted molar refractivity (Wildman–Crippen MR) is 70.5 cm³/mol. The normalized spacial score (nSPS) is 12.5. The highest BCUT2D eigenvalue weighted by atomic mass is 35.5. The average Bonchev–Trinajstić information content (AvgIpc) is 2.81. The number of halogens is 8. The molecular formula is C12H4Cl2F6N2O2. The van der Waals surface area contributed by atoms with Gasteiger partial charge >= 0.3 is 18.3 Å². The van der Waals surface area contributed by atoms with Crippen molar-refractivity contribution in [1.82, 2.24) is 9.78 Å². The van der Waals surface area contributed by atoms with Gasteiger partial charge < -0.3 is 5.11 Å². The Kier molecular flexibility index (Phi) is 4.49. The van der Waals surface area contributed by atoms with Gasteiger partial charge in [0.15, 0.2) is 5.69 Å². The number of aromatic nitrogens is 2. The van der Waals surface area contributed by atoms with Gasteiger partial charge in [-0.25, -0.2) is 9.48 Å². The Labute approximate surface area is 139 Å². The van der Waals surface area contributed by atoms with Crippen LogP contribution in [0.4, 0.5) is 26.3 Å². The maximum atomic E-state index is 13.1. The van der Waals surface area contributed by atoms with Gasteiger partial charge in [0.1, 0.15) is 11.3 Å². The Hall–Kier alpha value is -1.94. The van der Waals surface area contributed by atoms with E-state index in [0.717, 1.165) is 0 Å². The van der Waals surface area contributed by atoms with Gasteiger partial charge in [0, 0.05) is 0 Å². The molecule has 0 amide bonds. The van der Waals surface area contributed by atoms with Gasteiger partial charge in [-0.1, -0.05) is 23.2 Å². The Balaban J connectivity index is 2.77. The van der Waals surface area contributed by atoms with E-state index in [9.17, 15) is 31.1 Å². The van der Waals surface area contributed by atoms with E-state index in [1.54, 1.807) is 0 Å². The molecule has 1 heterocycles. The SMILES string of the molecule is O=C(O)c1cnn(-c2c(Cl)cc(C(F)(F)F)cc2Cl)c1C(F)(F)F. The van der Waals surface area contributed by atoms with Crippen LogP contribution in [0.15, 0.2) is 18.3 Å². The van der Waals surface area contributed by atoms with Crippen LogP contribution in [0.5, 0.6) is 0 Å². The highest BCUT2D eigenvalue weighted by Gasteiger charge is 2.42. The first-order valence-corrected chi connectivity index (χ1v) is 6.54. The lowest BCUT2D eigenvalue weighted by Crippen LogP contribution is -2.18. The second-order valence-corrected chi connectivity index (χ2v) is 5.22. The fraction of sp³-hybridized carbons (Fsp3) is 0.167. The quantitative estimate of drug-likeness (QED) is 0.738. The third kappa shape index (κ3) is 3.29. The molecule has 12 heteroatoms. The molecule has 0 fully saturated rings. The fourth-order valence-corrected chi connectivity index (χ4v) is 2.53. The lowest BCUT2D eigenvalue weighted by atomic mass is 10.2. The summed E-state index contributed by atoms with van der Waals surface area (Å²) in [5.74, 6) is -1.92. The van der Waals surface area contributed by atoms with Gasteiger partial charge in [0.25, 0.3) is 0 Å². The molecule has 130 valence electrons. The first kappa shape index (κ1) is 18.4. The van der Waals surface area contributed by atoms with Crippen molar-refractivity contribution in [2.45, 2.75) is 12.4 Å². The van der Waals surface area contributed by atoms with E-state index >= 15 is 0 Å². The molecule has 2 rings (SSSR count). The zero-order valence-electron chi connectivity index (χ0n) is 11.0. The summed E-state index contributed by atoms with van der Waals surface area (Å²) in [4.78, 5) is 10.9. The number of nitrogens with zero attached hydrogens (tertiary/aromatic N) is 2. The van der Waals surface area contributed by atoms with Crippen LogP contribution in [0.2, 0.25) is 10.0 Å². The topological polar surface area (TPSA) is 55.1 Å². The number of aromatic carboxylic acids is 1. The van der Waals surface area contributed by atoms with Crippen LogP contribution in [0, 0.1) is 0 Å². The fourth-order valence-electron chi connectivity index (χ4n) is 1.88. The van der Waals surface area contributed by atoms with Crippen LogP contribution in [0.1, 0.15) is 21.6 Å². The van der Waals surface area contributed by atoms with E-state index in [2.05, 4.69) is 5.10 Å². The number of carboxylic acid groups (broad SMARTS) is 1. The van der Waals surface area contributed by atoms with Gasteiger partial charge in [-0.05, 0) is 12.1 Å². The Morgan fingerprint density at radius 3 is 1.92 bits per heavy atom. The highest BCUT2D eigenvalue weighted by Crippen LogP contribution is 2.40. The molecule has 0 saturated carbocycles. The highest BCUT2D eigenvalue weighted by molar-refractivity contribution is 6.37. The van der Waals surface area contributed by atoms with Crippen LogP contribution in [-0.2, 0) is 12.4 Å². The molecule has 0 spiro atoms. The van der Waals surface area contributed by atoms with E-state index in [4.69, 9.17) is 28.3 Å². The van der Waals surface area contributed by atoms with Gasteiger partial charge in [-0.15, -0.1) is 0 Å². The summed E-state index contributed by atoms with van der Waals surface area (Å²) < 4.78 is 77.4. The maximum absolute atomic E-state index is 13.1. The van der Waals surface area contributed by atoms with Crippen molar-refractivity contribution in [2.24, 2.45) is 0 Å². The van der Waals surface area contributed by atoms with Crippen molar-refractivity contribution in [2.75, 3.05) is 0 Å². The largest absolute Gasteiger partial charge is 0.478 e. The van der Waals surface area contributed by atoms with Crippen LogP contribution in [0.3, 0.4) is 0 Å². The third-order valence-corrected chi connectivity index (χ3v) is 3.40. The standard InChI is InChI=1S/C12H4Cl2F6N2O2/c13-6-1-4(11(15,16)17)2-7(14)8(6)22-9(12(18,19)20)5(3-21-22)10(23)24/h1-3H,(H,23,24). The minimum Gasteiger partial charge on any atom is -0.478 e. The second kappa shape index (κ2) is 5.85. The van der Waals surface area contributed by atoms with E-state index in [1.807, 2.05) is 0 Å². The molecule has 0 aliphatic carbocycles. The number of hydrogen-bond donors (Lipinski definition) is 1. The molecule has 0 aliphatic rings. The van der Waals surface area contributed by atoms with E-state index in [-0.39, 0.29) is 4.68 Å². The summed E-state index contributed by atoms with van der Waals surface area (Å²) in [6.07, 6.45) is -9.59. The molecule has 24 heavy (non-hydrogen) atoms. The second-order valence-electron chi connectivity index (χ2n) is 4.41. The monoisotopic (exact) mass is 392 g/mol. The summed E-state index contributed by atoms with van der Waals surface area (Å²) in [6, 6.07) is 0.732. The smallest absolute Gasteiger partial charge is 0.434 e. The number of carbonyl (C=O) groups is 1. The van der Waals surface area contributed by atoms with Crippen molar-refractivity contribution >= 4 is 29.2 Å². The Morgan fingerprint density at radius 2 is 1.54 bits per heavy atom. The van der Waals surface area contributed by atoms with Crippen molar-refractivity contribution in [3.63, 3.8) is 0 Å². The van der Waals surface area contributed by atoms with E-state index in [0.29, 0.717) is 18.3 Å². The molecule has 0 radical (unpaired) electrons. The molecule has 4 nitrogen and oxygen atoms in total. The minimum atomic E-state index is -5.17. The van der Waals surface area contributed by atoms with E-state index < -0.39 is 50.9 Å². The van der Waals surface area contributed by atoms with Crippen LogP contribution < -0.4 is 0 Å². The number of benzene rings is 1. The van der Waals surface area contributed by atoms with Gasteiger partial charge in [0.2, 0.25) is 0 Å². The molecule has 0 saturated heterocycles. The summed E-state index contributed by atoms with van der Waals surface area (Å²) in [6.45, 7) is 0. The van der Waals surface area contributed by atoms with Gasteiger partial charge in [-0.2, -0.15) is 31.4 Å². The molecule has 1 aromatic carbocycles. The molecular weight excluding hydrogens is 389 g/mol. The summed E-state index contributed by atoms with van der Waals surface area (Å²) in [5, 5.41) is 10.5. The summed E-state index contributed by atoms with van der Waals surface area (Å²) in [5.41, 5.74) is -4.92. The Morgan fingerprint density at radius 1 is 1.04 bits per heavy atom. The molecule has 1 N–H and O–H groups in total. The van der Waals surface area contributed by atoms with E-state index in [1.165, 1.54) is 0 Å².